The van der Waals surface area contributed by atoms with E-state index in [1.165, 1.54) is 5.56 Å². The fourth-order valence-electron chi connectivity index (χ4n) is 3.41. The van der Waals surface area contributed by atoms with Crippen LogP contribution >= 0.6 is 12.2 Å². The Hall–Kier alpha value is -3.25. The molecule has 1 heterocycles. The van der Waals surface area contributed by atoms with Crippen molar-refractivity contribution < 1.29 is 4.74 Å². The zero-order valence-electron chi connectivity index (χ0n) is 17.5. The number of hydrogen-bond donors (Lipinski definition) is 1. The molecule has 0 aliphatic rings. The minimum absolute atomic E-state index is 0.0896. The highest BCUT2D eigenvalue weighted by molar-refractivity contribution is 7.71. The van der Waals surface area contributed by atoms with Gasteiger partial charge in [-0.2, -0.15) is 14.9 Å². The predicted molar refractivity (Wildman–Crippen MR) is 125 cm³/mol. The van der Waals surface area contributed by atoms with Crippen molar-refractivity contribution in [2.75, 3.05) is 7.11 Å². The number of aromatic nitrogens is 3. The fraction of sp³-hybridized carbons (Fsp3) is 0.208. The van der Waals surface area contributed by atoms with Gasteiger partial charge in [0.05, 0.1) is 13.3 Å². The lowest BCUT2D eigenvalue weighted by molar-refractivity contribution is 0.415. The highest BCUT2D eigenvalue weighted by Gasteiger charge is 2.15. The first-order valence-electron chi connectivity index (χ1n) is 9.77. The van der Waals surface area contributed by atoms with E-state index in [-0.39, 0.29) is 5.41 Å². The van der Waals surface area contributed by atoms with Gasteiger partial charge in [-0.05, 0) is 40.0 Å². The molecule has 0 unspecified atom stereocenters. The van der Waals surface area contributed by atoms with Gasteiger partial charge < -0.3 is 4.74 Å². The topological polar surface area (TPSA) is 55.2 Å². The molecular weight excluding hydrogens is 392 g/mol. The summed E-state index contributed by atoms with van der Waals surface area (Å²) < 4.78 is 7.64. The van der Waals surface area contributed by atoms with Crippen LogP contribution in [-0.2, 0) is 5.41 Å². The first-order valence-corrected chi connectivity index (χ1v) is 10.2. The molecule has 3 aromatic carbocycles. The molecule has 1 aromatic heterocycles. The summed E-state index contributed by atoms with van der Waals surface area (Å²) in [5.74, 6) is 1.42. The number of H-pyrrole nitrogens is 1. The summed E-state index contributed by atoms with van der Waals surface area (Å²) >= 11 is 5.43. The molecule has 30 heavy (non-hydrogen) atoms. The summed E-state index contributed by atoms with van der Waals surface area (Å²) in [7, 11) is 1.66. The van der Waals surface area contributed by atoms with Crippen LogP contribution in [0, 0.1) is 4.77 Å². The maximum atomic E-state index is 5.56. The standard InChI is InChI=1S/C24H24N4OS/c1-24(2,3)18-12-9-17(10-13-18)22-26-27-23(30)28(22)25-15-20-19-8-6-5-7-16(19)11-14-21(20)29-4/h5-15H,1-4H3,(H,27,30)/b25-15-. The lowest BCUT2D eigenvalue weighted by atomic mass is 9.87. The molecule has 0 aliphatic heterocycles. The third-order valence-corrected chi connectivity index (χ3v) is 5.38. The Bertz CT molecular complexity index is 1280. The summed E-state index contributed by atoms with van der Waals surface area (Å²) in [6, 6.07) is 20.5. The SMILES string of the molecule is COc1ccc2ccccc2c1/C=N\n1c(-c2ccc(C(C)(C)C)cc2)n[nH]c1=S. The molecule has 0 aliphatic carbocycles. The summed E-state index contributed by atoms with van der Waals surface area (Å²) in [6.45, 7) is 6.58. The Morgan fingerprint density at radius 2 is 1.77 bits per heavy atom. The second-order valence-electron chi connectivity index (χ2n) is 8.14. The summed E-state index contributed by atoms with van der Waals surface area (Å²) in [4.78, 5) is 0. The molecule has 5 nitrogen and oxygen atoms in total. The van der Waals surface area contributed by atoms with Gasteiger partial charge in [0.2, 0.25) is 4.77 Å². The van der Waals surface area contributed by atoms with Crippen molar-refractivity contribution in [3.8, 4) is 17.1 Å². The van der Waals surface area contributed by atoms with Crippen molar-refractivity contribution in [1.82, 2.24) is 14.9 Å². The molecule has 0 atom stereocenters. The summed E-state index contributed by atoms with van der Waals surface area (Å²) in [6.07, 6.45) is 1.78. The van der Waals surface area contributed by atoms with Crippen LogP contribution in [-0.4, -0.2) is 28.2 Å². The monoisotopic (exact) mass is 416 g/mol. The van der Waals surface area contributed by atoms with Crippen molar-refractivity contribution in [3.63, 3.8) is 0 Å². The number of nitrogens with zero attached hydrogens (tertiary/aromatic N) is 3. The molecule has 4 aromatic rings. The lowest BCUT2D eigenvalue weighted by Crippen LogP contribution is -2.10. The van der Waals surface area contributed by atoms with Gasteiger partial charge in [0.15, 0.2) is 5.82 Å². The Kier molecular flexibility index (Phi) is 5.26. The third-order valence-electron chi connectivity index (χ3n) is 5.11. The fourth-order valence-corrected chi connectivity index (χ4v) is 3.59. The second kappa shape index (κ2) is 7.88. The average molecular weight is 417 g/mol. The van der Waals surface area contributed by atoms with E-state index in [0.717, 1.165) is 27.6 Å². The summed E-state index contributed by atoms with van der Waals surface area (Å²) in [5.41, 5.74) is 3.19. The molecule has 0 radical (unpaired) electrons. The molecule has 0 bridgehead atoms. The Morgan fingerprint density at radius 3 is 2.47 bits per heavy atom. The Labute approximate surface area is 181 Å². The van der Waals surface area contributed by atoms with Crippen LogP contribution in [0.5, 0.6) is 5.75 Å². The van der Waals surface area contributed by atoms with Crippen molar-refractivity contribution in [2.24, 2.45) is 5.10 Å². The molecule has 0 saturated carbocycles. The zero-order valence-corrected chi connectivity index (χ0v) is 18.3. The van der Waals surface area contributed by atoms with E-state index in [2.05, 4.69) is 72.5 Å². The number of ether oxygens (including phenoxy) is 1. The normalized spacial score (nSPS) is 12.0. The number of nitrogens with one attached hydrogen (secondary N) is 1. The number of methoxy groups -OCH3 is 1. The maximum absolute atomic E-state index is 5.56. The van der Waals surface area contributed by atoms with Gasteiger partial charge in [0, 0.05) is 11.1 Å². The molecule has 0 amide bonds. The van der Waals surface area contributed by atoms with Gasteiger partial charge in [-0.25, -0.2) is 5.10 Å². The van der Waals surface area contributed by atoms with Crippen LogP contribution in [0.1, 0.15) is 31.9 Å². The quantitative estimate of drug-likeness (QED) is 0.330. The average Bonchev–Trinajstić information content (AvgIpc) is 3.11. The van der Waals surface area contributed by atoms with Crippen LogP contribution in [0.4, 0.5) is 0 Å². The highest BCUT2D eigenvalue weighted by Crippen LogP contribution is 2.28. The largest absolute Gasteiger partial charge is 0.496 e. The minimum atomic E-state index is 0.0896. The number of hydrogen-bond acceptors (Lipinski definition) is 4. The predicted octanol–water partition coefficient (Wildman–Crippen LogP) is 5.95. The van der Waals surface area contributed by atoms with Crippen molar-refractivity contribution in [3.05, 3.63) is 76.6 Å². The number of aromatic amines is 1. The molecule has 0 fully saturated rings. The Balaban J connectivity index is 1.78. The number of benzene rings is 3. The van der Waals surface area contributed by atoms with E-state index >= 15 is 0 Å². The first-order chi connectivity index (χ1) is 14.4. The van der Waals surface area contributed by atoms with Gasteiger partial charge in [0.1, 0.15) is 5.75 Å². The first kappa shape index (κ1) is 20.0. The van der Waals surface area contributed by atoms with Gasteiger partial charge >= 0.3 is 0 Å². The lowest BCUT2D eigenvalue weighted by Gasteiger charge is -2.18. The van der Waals surface area contributed by atoms with E-state index < -0.39 is 0 Å². The molecule has 0 spiro atoms. The van der Waals surface area contributed by atoms with E-state index in [1.807, 2.05) is 24.3 Å². The van der Waals surface area contributed by atoms with Crippen molar-refractivity contribution in [2.45, 2.75) is 26.2 Å². The van der Waals surface area contributed by atoms with E-state index in [4.69, 9.17) is 17.0 Å². The minimum Gasteiger partial charge on any atom is -0.496 e. The van der Waals surface area contributed by atoms with Gasteiger partial charge in [-0.1, -0.05) is 75.4 Å². The van der Waals surface area contributed by atoms with Crippen LogP contribution in [0.25, 0.3) is 22.2 Å². The number of rotatable bonds is 4. The molecule has 0 saturated heterocycles. The maximum Gasteiger partial charge on any atom is 0.216 e. The van der Waals surface area contributed by atoms with Gasteiger partial charge in [-0.3, -0.25) is 0 Å². The summed E-state index contributed by atoms with van der Waals surface area (Å²) in [5, 5.41) is 14.1. The highest BCUT2D eigenvalue weighted by atomic mass is 32.1. The molecule has 152 valence electrons. The molecule has 6 heteroatoms. The van der Waals surface area contributed by atoms with Crippen LogP contribution in [0.2, 0.25) is 0 Å². The molecule has 1 N–H and O–H groups in total. The van der Waals surface area contributed by atoms with E-state index in [0.29, 0.717) is 10.6 Å². The Morgan fingerprint density at radius 1 is 1.03 bits per heavy atom. The smallest absolute Gasteiger partial charge is 0.216 e. The van der Waals surface area contributed by atoms with Crippen molar-refractivity contribution >= 4 is 29.2 Å². The molecule has 4 rings (SSSR count). The van der Waals surface area contributed by atoms with Gasteiger partial charge in [0.25, 0.3) is 0 Å². The van der Waals surface area contributed by atoms with E-state index in [9.17, 15) is 0 Å². The van der Waals surface area contributed by atoms with Crippen molar-refractivity contribution in [1.29, 1.82) is 0 Å². The zero-order chi connectivity index (χ0) is 21.3. The second-order valence-corrected chi connectivity index (χ2v) is 8.53. The van der Waals surface area contributed by atoms with Crippen LogP contribution in [0.3, 0.4) is 0 Å². The third kappa shape index (κ3) is 3.78. The van der Waals surface area contributed by atoms with Crippen LogP contribution in [0.15, 0.2) is 65.8 Å². The number of fused-ring (bicyclic) bond motifs is 1. The van der Waals surface area contributed by atoms with E-state index in [1.54, 1.807) is 18.0 Å². The molecular formula is C24H24N4OS. The van der Waals surface area contributed by atoms with Gasteiger partial charge in [-0.15, -0.1) is 0 Å². The van der Waals surface area contributed by atoms with Crippen LogP contribution < -0.4 is 4.74 Å².